The van der Waals surface area contributed by atoms with Crippen molar-refractivity contribution in [1.29, 1.82) is 0 Å². The predicted molar refractivity (Wildman–Crippen MR) is 73.4 cm³/mol. The number of nitrogens with zero attached hydrogens (tertiary/aromatic N) is 1. The van der Waals surface area contributed by atoms with Crippen molar-refractivity contribution in [2.45, 2.75) is 24.9 Å². The van der Waals surface area contributed by atoms with Crippen LogP contribution in [-0.2, 0) is 10.9 Å². The molecule has 0 bridgehead atoms. The van der Waals surface area contributed by atoms with Crippen LogP contribution in [0, 0.1) is 0 Å². The van der Waals surface area contributed by atoms with E-state index in [2.05, 4.69) is 4.90 Å². The van der Waals surface area contributed by atoms with Crippen LogP contribution in [0.1, 0.15) is 29.9 Å². The molecular weight excluding hydrogens is 283 g/mol. The van der Waals surface area contributed by atoms with Crippen LogP contribution in [0.4, 0.5) is 13.2 Å². The summed E-state index contributed by atoms with van der Waals surface area (Å²) >= 11 is 0. The fourth-order valence-electron chi connectivity index (χ4n) is 2.81. The number of phenolic OH excluding ortho intramolecular Hbond substituents is 1. The Morgan fingerprint density at radius 1 is 1.29 bits per heavy atom. The largest absolute Gasteiger partial charge is 0.507 e. The highest BCUT2D eigenvalue weighted by atomic mass is 19.4. The monoisotopic (exact) mass is 303 g/mol. The number of alkyl halides is 3. The van der Waals surface area contributed by atoms with Crippen LogP contribution in [0.2, 0.25) is 0 Å². The van der Waals surface area contributed by atoms with Crippen molar-refractivity contribution in [3.8, 4) is 5.75 Å². The van der Waals surface area contributed by atoms with Gasteiger partial charge in [-0.15, -0.1) is 0 Å². The van der Waals surface area contributed by atoms with Crippen molar-refractivity contribution >= 4 is 0 Å². The molecule has 1 heterocycles. The third-order valence-corrected chi connectivity index (χ3v) is 4.01. The van der Waals surface area contributed by atoms with Gasteiger partial charge < -0.3 is 14.7 Å². The standard InChI is InChI=1S/C15H20F3NO2/c1-21-10-9-19-7-5-11(6-8-19)12-3-2-4-13(14(12)20)15(16,17)18/h2-4,11,20H,5-10H2,1H3. The number of ether oxygens (including phenoxy) is 1. The molecule has 0 amide bonds. The van der Waals surface area contributed by atoms with Crippen LogP contribution in [0.3, 0.4) is 0 Å². The van der Waals surface area contributed by atoms with Crippen LogP contribution in [0.5, 0.6) is 5.75 Å². The molecule has 0 aliphatic carbocycles. The molecule has 0 saturated carbocycles. The van der Waals surface area contributed by atoms with Gasteiger partial charge in [0, 0.05) is 13.7 Å². The molecule has 6 heteroatoms. The molecule has 1 aromatic carbocycles. The van der Waals surface area contributed by atoms with Gasteiger partial charge in [-0.3, -0.25) is 0 Å². The van der Waals surface area contributed by atoms with E-state index in [-0.39, 0.29) is 5.92 Å². The van der Waals surface area contributed by atoms with E-state index in [0.29, 0.717) is 12.2 Å². The molecule has 118 valence electrons. The molecule has 0 atom stereocenters. The fraction of sp³-hybridized carbons (Fsp3) is 0.600. The Hall–Kier alpha value is -1.27. The van der Waals surface area contributed by atoms with Crippen molar-refractivity contribution in [2.24, 2.45) is 0 Å². The third kappa shape index (κ3) is 3.89. The van der Waals surface area contributed by atoms with E-state index in [4.69, 9.17) is 4.74 Å². The van der Waals surface area contributed by atoms with E-state index in [1.807, 2.05) is 0 Å². The smallest absolute Gasteiger partial charge is 0.419 e. The number of phenols is 1. The first-order chi connectivity index (χ1) is 9.93. The second-order valence-electron chi connectivity index (χ2n) is 5.35. The van der Waals surface area contributed by atoms with Gasteiger partial charge in [0.25, 0.3) is 0 Å². The van der Waals surface area contributed by atoms with Gasteiger partial charge in [-0.05, 0) is 43.5 Å². The van der Waals surface area contributed by atoms with Crippen LogP contribution >= 0.6 is 0 Å². The van der Waals surface area contributed by atoms with Crippen molar-refractivity contribution in [2.75, 3.05) is 33.4 Å². The van der Waals surface area contributed by atoms with Gasteiger partial charge in [-0.2, -0.15) is 13.2 Å². The summed E-state index contributed by atoms with van der Waals surface area (Å²) in [4.78, 5) is 2.23. The molecule has 3 nitrogen and oxygen atoms in total. The molecule has 0 radical (unpaired) electrons. The Labute approximate surface area is 122 Å². The maximum Gasteiger partial charge on any atom is 0.419 e. The molecule has 0 aromatic heterocycles. The normalized spacial score (nSPS) is 18.1. The molecule has 1 aliphatic heterocycles. The van der Waals surface area contributed by atoms with Crippen molar-refractivity contribution in [3.05, 3.63) is 29.3 Å². The second-order valence-corrected chi connectivity index (χ2v) is 5.35. The van der Waals surface area contributed by atoms with Crippen LogP contribution in [0.25, 0.3) is 0 Å². The first kappa shape index (κ1) is 16.1. The van der Waals surface area contributed by atoms with E-state index < -0.39 is 17.5 Å². The molecule has 1 fully saturated rings. The summed E-state index contributed by atoms with van der Waals surface area (Å²) < 4.78 is 43.5. The quantitative estimate of drug-likeness (QED) is 0.927. The number of halogens is 3. The number of benzene rings is 1. The highest BCUT2D eigenvalue weighted by molar-refractivity contribution is 5.44. The summed E-state index contributed by atoms with van der Waals surface area (Å²) in [5, 5.41) is 9.93. The number of likely N-dealkylation sites (tertiary alicyclic amines) is 1. The molecule has 0 unspecified atom stereocenters. The number of hydrogen-bond donors (Lipinski definition) is 1. The minimum absolute atomic E-state index is 0.0221. The Morgan fingerprint density at radius 3 is 2.52 bits per heavy atom. The van der Waals surface area contributed by atoms with Gasteiger partial charge in [-0.1, -0.05) is 12.1 Å². The Morgan fingerprint density at radius 2 is 1.95 bits per heavy atom. The number of methoxy groups -OCH3 is 1. The fourth-order valence-corrected chi connectivity index (χ4v) is 2.81. The molecule has 1 aliphatic rings. The lowest BCUT2D eigenvalue weighted by atomic mass is 9.87. The van der Waals surface area contributed by atoms with Crippen LogP contribution in [0.15, 0.2) is 18.2 Å². The van der Waals surface area contributed by atoms with E-state index >= 15 is 0 Å². The average Bonchev–Trinajstić information content (AvgIpc) is 2.45. The first-order valence-corrected chi connectivity index (χ1v) is 7.04. The predicted octanol–water partition coefficient (Wildman–Crippen LogP) is 3.24. The molecule has 1 aromatic rings. The Bertz CT molecular complexity index is 468. The van der Waals surface area contributed by atoms with Gasteiger partial charge in [0.05, 0.1) is 12.2 Å². The molecule has 2 rings (SSSR count). The highest BCUT2D eigenvalue weighted by Gasteiger charge is 2.35. The summed E-state index contributed by atoms with van der Waals surface area (Å²) in [6.45, 7) is 3.10. The molecule has 1 saturated heterocycles. The lowest BCUT2D eigenvalue weighted by Gasteiger charge is -2.32. The topological polar surface area (TPSA) is 32.7 Å². The summed E-state index contributed by atoms with van der Waals surface area (Å²) in [7, 11) is 1.65. The lowest BCUT2D eigenvalue weighted by molar-refractivity contribution is -0.138. The number of aromatic hydroxyl groups is 1. The third-order valence-electron chi connectivity index (χ3n) is 4.01. The van der Waals surface area contributed by atoms with Gasteiger partial charge in [0.15, 0.2) is 0 Å². The second kappa shape index (κ2) is 6.66. The van der Waals surface area contributed by atoms with Gasteiger partial charge >= 0.3 is 6.18 Å². The molecule has 0 spiro atoms. The maximum absolute atomic E-state index is 12.8. The molecule has 1 N–H and O–H groups in total. The highest BCUT2D eigenvalue weighted by Crippen LogP contribution is 2.41. The number of rotatable bonds is 4. The van der Waals surface area contributed by atoms with Crippen molar-refractivity contribution in [3.63, 3.8) is 0 Å². The van der Waals surface area contributed by atoms with Crippen molar-refractivity contribution < 1.29 is 23.0 Å². The minimum atomic E-state index is -4.51. The van der Waals surface area contributed by atoms with E-state index in [9.17, 15) is 18.3 Å². The number of para-hydroxylation sites is 1. The van der Waals surface area contributed by atoms with Crippen LogP contribution < -0.4 is 0 Å². The summed E-state index contributed by atoms with van der Waals surface area (Å²) in [6, 6.07) is 3.89. The number of hydrogen-bond acceptors (Lipinski definition) is 3. The zero-order valence-electron chi connectivity index (χ0n) is 12.0. The Balaban J connectivity index is 2.07. The average molecular weight is 303 g/mol. The van der Waals surface area contributed by atoms with Crippen LogP contribution in [-0.4, -0.2) is 43.4 Å². The van der Waals surface area contributed by atoms with Gasteiger partial charge in [-0.25, -0.2) is 0 Å². The van der Waals surface area contributed by atoms with Crippen molar-refractivity contribution in [1.82, 2.24) is 4.90 Å². The summed E-state index contributed by atoms with van der Waals surface area (Å²) in [6.07, 6.45) is -3.02. The zero-order chi connectivity index (χ0) is 15.5. The molecule has 21 heavy (non-hydrogen) atoms. The van der Waals surface area contributed by atoms with Gasteiger partial charge in [0.2, 0.25) is 0 Å². The summed E-state index contributed by atoms with van der Waals surface area (Å²) in [5.74, 6) is -0.633. The SMILES string of the molecule is COCCN1CCC(c2cccc(C(F)(F)F)c2O)CC1. The minimum Gasteiger partial charge on any atom is -0.507 e. The molecular formula is C15H20F3NO2. The van der Waals surface area contributed by atoms with Gasteiger partial charge in [0.1, 0.15) is 5.75 Å². The van der Waals surface area contributed by atoms with E-state index in [0.717, 1.165) is 38.5 Å². The first-order valence-electron chi connectivity index (χ1n) is 7.04. The lowest BCUT2D eigenvalue weighted by Crippen LogP contribution is -2.35. The van der Waals surface area contributed by atoms with E-state index in [1.54, 1.807) is 13.2 Å². The van der Waals surface area contributed by atoms with E-state index in [1.165, 1.54) is 6.07 Å². The zero-order valence-corrected chi connectivity index (χ0v) is 12.0. The summed E-state index contributed by atoms with van der Waals surface area (Å²) in [5.41, 5.74) is -0.530. The Kier molecular flexibility index (Phi) is 5.11. The maximum atomic E-state index is 12.8. The number of piperidine rings is 1.